The number of hydrogen-bond acceptors (Lipinski definition) is 4. The molecule has 0 spiro atoms. The number of alkyl halides is 3. The zero-order chi connectivity index (χ0) is 22.9. The Balaban J connectivity index is 1.65. The SMILES string of the molecule is Cn1ccnc1C(O)(CC(=O)N=c1sccn1Cc1cccc2ccccc12)C(F)(F)F. The molecule has 1 unspecified atom stereocenters. The van der Waals surface area contributed by atoms with Crippen LogP contribution in [0.4, 0.5) is 13.2 Å². The summed E-state index contributed by atoms with van der Waals surface area (Å²) in [5.41, 5.74) is -2.46. The van der Waals surface area contributed by atoms with Gasteiger partial charge in [-0.1, -0.05) is 42.5 Å². The molecule has 6 nitrogen and oxygen atoms in total. The maximum atomic E-state index is 13.7. The Morgan fingerprint density at radius 2 is 1.91 bits per heavy atom. The van der Waals surface area contributed by atoms with Crippen LogP contribution in [0, 0.1) is 0 Å². The van der Waals surface area contributed by atoms with Crippen LogP contribution in [0.1, 0.15) is 17.8 Å². The summed E-state index contributed by atoms with van der Waals surface area (Å²) >= 11 is 1.13. The van der Waals surface area contributed by atoms with Gasteiger partial charge >= 0.3 is 6.18 Å². The largest absolute Gasteiger partial charge is 0.425 e. The molecule has 2 aromatic heterocycles. The molecule has 0 fully saturated rings. The van der Waals surface area contributed by atoms with E-state index in [2.05, 4.69) is 9.98 Å². The molecule has 1 N–H and O–H groups in total. The van der Waals surface area contributed by atoms with Crippen LogP contribution < -0.4 is 4.80 Å². The van der Waals surface area contributed by atoms with Gasteiger partial charge in [0.25, 0.3) is 5.91 Å². The molecule has 0 saturated carbocycles. The molecule has 4 rings (SSSR count). The lowest BCUT2D eigenvalue weighted by Gasteiger charge is -2.28. The zero-order valence-corrected chi connectivity index (χ0v) is 17.8. The van der Waals surface area contributed by atoms with Gasteiger partial charge in [-0.05, 0) is 16.3 Å². The van der Waals surface area contributed by atoms with E-state index in [1.165, 1.54) is 13.2 Å². The van der Waals surface area contributed by atoms with Crippen LogP contribution >= 0.6 is 11.3 Å². The number of nitrogens with zero attached hydrogens (tertiary/aromatic N) is 4. The predicted molar refractivity (Wildman–Crippen MR) is 114 cm³/mol. The lowest BCUT2D eigenvalue weighted by atomic mass is 9.97. The fourth-order valence-corrected chi connectivity index (χ4v) is 4.30. The Kier molecular flexibility index (Phi) is 5.74. The minimum atomic E-state index is -5.11. The van der Waals surface area contributed by atoms with Crippen molar-refractivity contribution >= 4 is 28.0 Å². The van der Waals surface area contributed by atoms with Gasteiger partial charge in [0.15, 0.2) is 10.6 Å². The number of aliphatic hydroxyl groups is 1. The summed E-state index contributed by atoms with van der Waals surface area (Å²) in [5.74, 6) is -1.76. The van der Waals surface area contributed by atoms with E-state index in [9.17, 15) is 23.1 Å². The molecule has 1 amide bonds. The van der Waals surface area contributed by atoms with Gasteiger partial charge in [-0.25, -0.2) is 4.98 Å². The molecule has 0 aliphatic heterocycles. The molecule has 1 atom stereocenters. The first kappa shape index (κ1) is 22.0. The van der Waals surface area contributed by atoms with Gasteiger partial charge in [0.1, 0.15) is 0 Å². The maximum Gasteiger partial charge on any atom is 0.425 e. The number of carbonyl (C=O) groups is 1. The van der Waals surface area contributed by atoms with E-state index in [1.54, 1.807) is 16.1 Å². The van der Waals surface area contributed by atoms with Crippen LogP contribution in [0.15, 0.2) is 71.4 Å². The number of aryl methyl sites for hydroxylation is 1. The third kappa shape index (κ3) is 4.11. The van der Waals surface area contributed by atoms with Crippen molar-refractivity contribution in [3.8, 4) is 0 Å². The number of thiazole rings is 1. The van der Waals surface area contributed by atoms with Crippen molar-refractivity contribution in [1.29, 1.82) is 0 Å². The third-order valence-corrected chi connectivity index (χ3v) is 5.96. The molecule has 0 radical (unpaired) electrons. The van der Waals surface area contributed by atoms with Crippen molar-refractivity contribution in [3.05, 3.63) is 82.6 Å². The summed E-state index contributed by atoms with van der Waals surface area (Å²) < 4.78 is 43.8. The number of halogens is 3. The van der Waals surface area contributed by atoms with E-state index in [1.807, 2.05) is 42.5 Å². The monoisotopic (exact) mass is 460 g/mol. The maximum absolute atomic E-state index is 13.7. The molecular weight excluding hydrogens is 441 g/mol. The van der Waals surface area contributed by atoms with Gasteiger partial charge in [0.05, 0.1) is 13.0 Å². The molecule has 2 heterocycles. The van der Waals surface area contributed by atoms with Crippen LogP contribution in [-0.2, 0) is 24.0 Å². The second-order valence-electron chi connectivity index (χ2n) is 7.35. The van der Waals surface area contributed by atoms with Crippen molar-refractivity contribution < 1.29 is 23.1 Å². The van der Waals surface area contributed by atoms with Crippen molar-refractivity contribution in [1.82, 2.24) is 14.1 Å². The van der Waals surface area contributed by atoms with Crippen LogP contribution in [0.25, 0.3) is 10.8 Å². The number of rotatable bonds is 5. The fourth-order valence-electron chi connectivity index (χ4n) is 3.56. The Hall–Kier alpha value is -3.24. The average Bonchev–Trinajstić information content (AvgIpc) is 3.36. The smallest absolute Gasteiger partial charge is 0.374 e. The number of aromatic nitrogens is 3. The van der Waals surface area contributed by atoms with Crippen LogP contribution in [0.5, 0.6) is 0 Å². The molecule has 0 bridgehead atoms. The lowest BCUT2D eigenvalue weighted by molar-refractivity contribution is -0.270. The highest BCUT2D eigenvalue weighted by atomic mass is 32.1. The molecule has 4 aromatic rings. The van der Waals surface area contributed by atoms with E-state index in [0.717, 1.165) is 38.4 Å². The topological polar surface area (TPSA) is 72.4 Å². The van der Waals surface area contributed by atoms with Crippen molar-refractivity contribution in [2.24, 2.45) is 12.0 Å². The minimum absolute atomic E-state index is 0.243. The van der Waals surface area contributed by atoms with Crippen LogP contribution in [-0.4, -0.2) is 31.3 Å². The predicted octanol–water partition coefficient (Wildman–Crippen LogP) is 3.75. The standard InChI is InChI=1S/C22H19F3N4O2S/c1-28-10-9-26-19(28)21(31,22(23,24)25)13-18(30)27-20-29(11-12-32-20)14-16-7-4-6-15-5-2-3-8-17(15)16/h2-12,31H,13-14H2,1H3. The number of hydrogen-bond donors (Lipinski definition) is 1. The average molecular weight is 460 g/mol. The fraction of sp³-hybridized carbons (Fsp3) is 0.227. The normalized spacial score (nSPS) is 14.6. The molecule has 166 valence electrons. The van der Waals surface area contributed by atoms with E-state index in [4.69, 9.17) is 0 Å². The molecule has 0 aliphatic carbocycles. The summed E-state index contributed by atoms with van der Waals surface area (Å²) in [7, 11) is 1.32. The first-order valence-corrected chi connectivity index (χ1v) is 10.5. The summed E-state index contributed by atoms with van der Waals surface area (Å²) in [6, 6.07) is 13.7. The van der Waals surface area contributed by atoms with Crippen molar-refractivity contribution in [2.45, 2.75) is 24.7 Å². The van der Waals surface area contributed by atoms with Gasteiger partial charge in [-0.15, -0.1) is 11.3 Å². The number of imidazole rings is 1. The first-order chi connectivity index (χ1) is 15.2. The van der Waals surface area contributed by atoms with E-state index in [-0.39, 0.29) is 4.80 Å². The Morgan fingerprint density at radius 3 is 2.62 bits per heavy atom. The minimum Gasteiger partial charge on any atom is -0.374 e. The number of benzene rings is 2. The summed E-state index contributed by atoms with van der Waals surface area (Å²) in [6.45, 7) is 0.389. The van der Waals surface area contributed by atoms with Crippen molar-refractivity contribution in [2.75, 3.05) is 0 Å². The van der Waals surface area contributed by atoms with E-state index >= 15 is 0 Å². The molecule has 2 aromatic carbocycles. The van der Waals surface area contributed by atoms with Gasteiger partial charge in [0.2, 0.25) is 5.60 Å². The Labute approximate surface area is 184 Å². The number of amides is 1. The summed E-state index contributed by atoms with van der Waals surface area (Å²) in [5, 5.41) is 14.2. The first-order valence-electron chi connectivity index (χ1n) is 9.64. The quantitative estimate of drug-likeness (QED) is 0.493. The van der Waals surface area contributed by atoms with E-state index in [0.29, 0.717) is 6.54 Å². The molecule has 10 heteroatoms. The molecule has 0 aliphatic rings. The van der Waals surface area contributed by atoms with Gasteiger partial charge < -0.3 is 14.2 Å². The van der Waals surface area contributed by atoms with Crippen LogP contribution in [0.2, 0.25) is 0 Å². The highest BCUT2D eigenvalue weighted by Gasteiger charge is 2.58. The van der Waals surface area contributed by atoms with Gasteiger partial charge in [-0.2, -0.15) is 18.2 Å². The summed E-state index contributed by atoms with van der Waals surface area (Å²) in [4.78, 5) is 20.3. The second kappa shape index (κ2) is 8.36. The Bertz CT molecular complexity index is 1330. The highest BCUT2D eigenvalue weighted by molar-refractivity contribution is 7.07. The second-order valence-corrected chi connectivity index (χ2v) is 8.23. The number of carbonyl (C=O) groups excluding carboxylic acids is 1. The molecule has 0 saturated heterocycles. The zero-order valence-electron chi connectivity index (χ0n) is 17.0. The van der Waals surface area contributed by atoms with E-state index < -0.39 is 29.9 Å². The number of fused-ring (bicyclic) bond motifs is 1. The third-order valence-electron chi connectivity index (χ3n) is 5.17. The van der Waals surface area contributed by atoms with Gasteiger partial charge in [-0.3, -0.25) is 4.79 Å². The molecular formula is C22H19F3N4O2S. The summed E-state index contributed by atoms with van der Waals surface area (Å²) in [6.07, 6.45) is -2.26. The van der Waals surface area contributed by atoms with Crippen LogP contribution in [0.3, 0.4) is 0 Å². The molecule has 32 heavy (non-hydrogen) atoms. The van der Waals surface area contributed by atoms with Crippen molar-refractivity contribution in [3.63, 3.8) is 0 Å². The lowest BCUT2D eigenvalue weighted by Crippen LogP contribution is -2.46. The van der Waals surface area contributed by atoms with Gasteiger partial charge in [0, 0.05) is 31.0 Å². The Morgan fingerprint density at radius 1 is 1.16 bits per heavy atom. The highest BCUT2D eigenvalue weighted by Crippen LogP contribution is 2.40.